The molecule has 1 N–H and O–H groups in total. The van der Waals surface area contributed by atoms with Gasteiger partial charge in [-0.05, 0) is 13.0 Å². The summed E-state index contributed by atoms with van der Waals surface area (Å²) in [5.74, 6) is 0. The highest BCUT2D eigenvalue weighted by molar-refractivity contribution is 4.67. The number of halogens is 2. The fraction of sp³-hybridized carbons (Fsp3) is 1.00. The predicted octanol–water partition coefficient (Wildman–Crippen LogP) is 0.630. The summed E-state index contributed by atoms with van der Waals surface area (Å²) in [6.07, 6.45) is -2.43. The fourth-order valence-corrected chi connectivity index (χ4v) is 0.897. The molecule has 0 bridgehead atoms. The van der Waals surface area contributed by atoms with Crippen molar-refractivity contribution in [2.75, 3.05) is 19.7 Å². The Bertz CT molecular complexity index is 91.7. The first kappa shape index (κ1) is 7.88. The molecule has 1 heterocycles. The van der Waals surface area contributed by atoms with Gasteiger partial charge < -0.3 is 10.1 Å². The van der Waals surface area contributed by atoms with Gasteiger partial charge in [-0.2, -0.15) is 0 Å². The molecule has 0 aromatic carbocycles. The molecular formula is C6H11F2NO. The van der Waals surface area contributed by atoms with E-state index in [1.165, 1.54) is 0 Å². The van der Waals surface area contributed by atoms with Crippen molar-refractivity contribution in [1.82, 2.24) is 5.32 Å². The Hall–Kier alpha value is -0.220. The highest BCUT2D eigenvalue weighted by Gasteiger charge is 2.21. The van der Waals surface area contributed by atoms with Gasteiger partial charge in [-0.1, -0.05) is 0 Å². The quantitative estimate of drug-likeness (QED) is 0.593. The number of alkyl halides is 2. The lowest BCUT2D eigenvalue weighted by molar-refractivity contribution is -0.0460. The van der Waals surface area contributed by atoms with Crippen molar-refractivity contribution in [1.29, 1.82) is 0 Å². The molecule has 60 valence electrons. The monoisotopic (exact) mass is 151 g/mol. The zero-order valence-electron chi connectivity index (χ0n) is 5.65. The van der Waals surface area contributed by atoms with E-state index in [1.807, 2.05) is 0 Å². The molecule has 0 spiro atoms. The molecule has 1 saturated heterocycles. The average Bonchev–Trinajstić information content (AvgIpc) is 2.12. The largest absolute Gasteiger partial charge is 0.371 e. The molecule has 0 aliphatic carbocycles. The standard InChI is InChI=1S/C6H11F2NO/c7-6(8)5-4-9-2-1-3-10-5/h5-6,9H,1-4H2. The minimum atomic E-state index is -2.36. The van der Waals surface area contributed by atoms with E-state index in [0.29, 0.717) is 6.61 Å². The number of hydrogen-bond donors (Lipinski definition) is 1. The van der Waals surface area contributed by atoms with Gasteiger partial charge in [0.2, 0.25) is 0 Å². The molecule has 1 fully saturated rings. The predicted molar refractivity (Wildman–Crippen MR) is 33.2 cm³/mol. The van der Waals surface area contributed by atoms with Gasteiger partial charge in [-0.25, -0.2) is 8.78 Å². The van der Waals surface area contributed by atoms with Gasteiger partial charge in [0.25, 0.3) is 6.43 Å². The summed E-state index contributed by atoms with van der Waals surface area (Å²) in [5.41, 5.74) is 0. The number of rotatable bonds is 1. The lowest BCUT2D eigenvalue weighted by Crippen LogP contribution is -2.31. The van der Waals surface area contributed by atoms with Crippen molar-refractivity contribution >= 4 is 0 Å². The van der Waals surface area contributed by atoms with E-state index in [4.69, 9.17) is 4.74 Å². The minimum Gasteiger partial charge on any atom is -0.371 e. The molecule has 0 saturated carbocycles. The van der Waals surface area contributed by atoms with Crippen molar-refractivity contribution in [3.8, 4) is 0 Å². The maximum atomic E-state index is 11.9. The van der Waals surface area contributed by atoms with Gasteiger partial charge in [0, 0.05) is 13.2 Å². The Kier molecular flexibility index (Phi) is 3.02. The molecule has 0 aromatic rings. The lowest BCUT2D eigenvalue weighted by Gasteiger charge is -2.12. The first-order valence-electron chi connectivity index (χ1n) is 3.41. The van der Waals surface area contributed by atoms with E-state index in [2.05, 4.69) is 5.32 Å². The highest BCUT2D eigenvalue weighted by atomic mass is 19.3. The van der Waals surface area contributed by atoms with Crippen LogP contribution < -0.4 is 5.32 Å². The molecule has 0 aromatic heterocycles. The van der Waals surface area contributed by atoms with Gasteiger partial charge >= 0.3 is 0 Å². The SMILES string of the molecule is FC(F)C1CNCCCO1. The van der Waals surface area contributed by atoms with E-state index in [-0.39, 0.29) is 6.54 Å². The average molecular weight is 151 g/mol. The molecule has 1 unspecified atom stereocenters. The molecule has 2 nitrogen and oxygen atoms in total. The van der Waals surface area contributed by atoms with E-state index in [0.717, 1.165) is 13.0 Å². The molecule has 0 amide bonds. The Morgan fingerprint density at radius 3 is 3.00 bits per heavy atom. The van der Waals surface area contributed by atoms with Crippen LogP contribution in [-0.2, 0) is 4.74 Å². The van der Waals surface area contributed by atoms with Crippen LogP contribution in [0.15, 0.2) is 0 Å². The van der Waals surface area contributed by atoms with Gasteiger partial charge in [0.15, 0.2) is 0 Å². The summed E-state index contributed by atoms with van der Waals surface area (Å²) in [6.45, 7) is 1.50. The third kappa shape index (κ3) is 2.19. The van der Waals surface area contributed by atoms with Gasteiger partial charge in [0.05, 0.1) is 0 Å². The maximum Gasteiger partial charge on any atom is 0.265 e. The van der Waals surface area contributed by atoms with E-state index < -0.39 is 12.5 Å². The Labute approximate surface area is 58.6 Å². The second-order valence-electron chi connectivity index (χ2n) is 2.30. The van der Waals surface area contributed by atoms with E-state index in [1.54, 1.807) is 0 Å². The van der Waals surface area contributed by atoms with Crippen molar-refractivity contribution in [3.05, 3.63) is 0 Å². The van der Waals surface area contributed by atoms with Gasteiger partial charge in [-0.15, -0.1) is 0 Å². The molecule has 1 rings (SSSR count). The first-order chi connectivity index (χ1) is 4.80. The zero-order valence-corrected chi connectivity index (χ0v) is 5.65. The fourth-order valence-electron chi connectivity index (χ4n) is 0.897. The van der Waals surface area contributed by atoms with Crippen LogP contribution in [0, 0.1) is 0 Å². The third-order valence-corrected chi connectivity index (χ3v) is 1.46. The summed E-state index contributed by atoms with van der Waals surface area (Å²) >= 11 is 0. The topological polar surface area (TPSA) is 21.3 Å². The van der Waals surface area contributed by atoms with Crippen LogP contribution in [0.1, 0.15) is 6.42 Å². The second kappa shape index (κ2) is 3.83. The van der Waals surface area contributed by atoms with Crippen molar-refractivity contribution in [2.24, 2.45) is 0 Å². The van der Waals surface area contributed by atoms with Gasteiger partial charge in [0.1, 0.15) is 6.10 Å². The van der Waals surface area contributed by atoms with Crippen molar-refractivity contribution in [3.63, 3.8) is 0 Å². The number of hydrogen-bond acceptors (Lipinski definition) is 2. The highest BCUT2D eigenvalue weighted by Crippen LogP contribution is 2.06. The van der Waals surface area contributed by atoms with E-state index in [9.17, 15) is 8.78 Å². The Morgan fingerprint density at radius 1 is 1.50 bits per heavy atom. The maximum absolute atomic E-state index is 11.9. The smallest absolute Gasteiger partial charge is 0.265 e. The minimum absolute atomic E-state index is 0.275. The molecule has 10 heavy (non-hydrogen) atoms. The number of ether oxygens (including phenoxy) is 1. The first-order valence-corrected chi connectivity index (χ1v) is 3.41. The van der Waals surface area contributed by atoms with Crippen molar-refractivity contribution in [2.45, 2.75) is 19.0 Å². The zero-order chi connectivity index (χ0) is 7.40. The molecule has 1 atom stereocenters. The summed E-state index contributed by atoms with van der Waals surface area (Å²) in [4.78, 5) is 0. The van der Waals surface area contributed by atoms with Crippen LogP contribution in [0.25, 0.3) is 0 Å². The van der Waals surface area contributed by atoms with Crippen molar-refractivity contribution < 1.29 is 13.5 Å². The molecule has 0 radical (unpaired) electrons. The van der Waals surface area contributed by atoms with Crippen LogP contribution >= 0.6 is 0 Å². The van der Waals surface area contributed by atoms with E-state index >= 15 is 0 Å². The van der Waals surface area contributed by atoms with Gasteiger partial charge in [-0.3, -0.25) is 0 Å². The van der Waals surface area contributed by atoms with Crippen LogP contribution in [0.2, 0.25) is 0 Å². The molecule has 1 aliphatic rings. The summed E-state index contributed by atoms with van der Waals surface area (Å²) in [7, 11) is 0. The van der Waals surface area contributed by atoms with Crippen LogP contribution in [0.3, 0.4) is 0 Å². The Balaban J connectivity index is 2.28. The number of nitrogens with one attached hydrogen (secondary N) is 1. The summed E-state index contributed by atoms with van der Waals surface area (Å²) in [5, 5.41) is 2.87. The lowest BCUT2D eigenvalue weighted by atomic mass is 10.4. The molecular weight excluding hydrogens is 140 g/mol. The van der Waals surface area contributed by atoms with Crippen LogP contribution in [0.4, 0.5) is 8.78 Å². The molecule has 1 aliphatic heterocycles. The van der Waals surface area contributed by atoms with Crippen LogP contribution in [-0.4, -0.2) is 32.2 Å². The molecule has 4 heteroatoms. The second-order valence-corrected chi connectivity index (χ2v) is 2.30. The summed E-state index contributed by atoms with van der Waals surface area (Å²) < 4.78 is 28.7. The summed E-state index contributed by atoms with van der Waals surface area (Å²) in [6, 6.07) is 0. The normalized spacial score (nSPS) is 28.5. The Morgan fingerprint density at radius 2 is 2.30 bits per heavy atom. The van der Waals surface area contributed by atoms with Crippen LogP contribution in [0.5, 0.6) is 0 Å². The third-order valence-electron chi connectivity index (χ3n) is 1.46.